The molecule has 0 atom stereocenters. The lowest BCUT2D eigenvalue weighted by atomic mass is 9.86. The highest BCUT2D eigenvalue weighted by atomic mass is 32.2. The summed E-state index contributed by atoms with van der Waals surface area (Å²) in [5, 5.41) is 0. The van der Waals surface area contributed by atoms with E-state index in [9.17, 15) is 8.42 Å². The van der Waals surface area contributed by atoms with Gasteiger partial charge in [-0.05, 0) is 32.6 Å². The molecule has 0 aliphatic heterocycles. The molecule has 0 heterocycles. The molecule has 0 radical (unpaired) electrons. The van der Waals surface area contributed by atoms with Gasteiger partial charge in [-0.3, -0.25) is 4.99 Å². The summed E-state index contributed by atoms with van der Waals surface area (Å²) in [5.74, 6) is 0.944. The second-order valence-corrected chi connectivity index (χ2v) is 6.80. The van der Waals surface area contributed by atoms with E-state index in [1.807, 2.05) is 18.7 Å². The molecule has 1 rings (SSSR count). The first kappa shape index (κ1) is 16.2. The normalized spacial score (nSPS) is 17.3. The molecule has 1 saturated carbocycles. The van der Waals surface area contributed by atoms with Crippen molar-refractivity contribution in [2.24, 2.45) is 16.6 Å². The Morgan fingerprint density at radius 2 is 2.00 bits per heavy atom. The molecule has 6 nitrogen and oxygen atoms in total. The largest absolute Gasteiger partial charge is 0.370 e. The van der Waals surface area contributed by atoms with Crippen LogP contribution >= 0.6 is 0 Å². The van der Waals surface area contributed by atoms with Crippen LogP contribution in [0.5, 0.6) is 0 Å². The van der Waals surface area contributed by atoms with Gasteiger partial charge in [-0.1, -0.05) is 6.42 Å². The zero-order valence-electron chi connectivity index (χ0n) is 11.9. The highest BCUT2D eigenvalue weighted by molar-refractivity contribution is 7.89. The molecule has 0 amide bonds. The van der Waals surface area contributed by atoms with Gasteiger partial charge in [0, 0.05) is 19.6 Å². The molecule has 0 bridgehead atoms. The number of guanidine groups is 1. The fraction of sp³-hybridized carbons (Fsp3) is 0.917. The van der Waals surface area contributed by atoms with Crippen LogP contribution < -0.4 is 10.5 Å². The summed E-state index contributed by atoms with van der Waals surface area (Å²) in [7, 11) is -3.22. The van der Waals surface area contributed by atoms with E-state index in [1.54, 1.807) is 0 Å². The number of aliphatic imine (C=N–C) groups is 1. The maximum absolute atomic E-state index is 11.7. The first-order chi connectivity index (χ1) is 8.98. The molecule has 1 aliphatic carbocycles. The second kappa shape index (κ2) is 7.69. The van der Waals surface area contributed by atoms with E-state index >= 15 is 0 Å². The SMILES string of the molecule is CCN(CC)C(N)=NCCS(=O)(=O)NCC1CCC1. The maximum Gasteiger partial charge on any atom is 0.213 e. The zero-order chi connectivity index (χ0) is 14.3. The van der Waals surface area contributed by atoms with E-state index in [2.05, 4.69) is 9.71 Å². The number of nitrogens with two attached hydrogens (primary N) is 1. The fourth-order valence-electron chi connectivity index (χ4n) is 1.94. The molecule has 3 N–H and O–H groups in total. The Bertz CT molecular complexity index is 387. The number of nitrogens with one attached hydrogen (secondary N) is 1. The summed E-state index contributed by atoms with van der Waals surface area (Å²) in [4.78, 5) is 6.01. The van der Waals surface area contributed by atoms with Crippen molar-refractivity contribution < 1.29 is 8.42 Å². The number of hydrogen-bond donors (Lipinski definition) is 2. The van der Waals surface area contributed by atoms with E-state index < -0.39 is 10.0 Å². The van der Waals surface area contributed by atoms with Crippen LogP contribution in [0.3, 0.4) is 0 Å². The molecule has 7 heteroatoms. The van der Waals surface area contributed by atoms with E-state index in [-0.39, 0.29) is 12.3 Å². The highest BCUT2D eigenvalue weighted by Gasteiger charge is 2.19. The molecule has 19 heavy (non-hydrogen) atoms. The third-order valence-corrected chi connectivity index (χ3v) is 4.86. The molecule has 1 fully saturated rings. The van der Waals surface area contributed by atoms with Gasteiger partial charge in [0.1, 0.15) is 0 Å². The van der Waals surface area contributed by atoms with Crippen LogP contribution in [0.1, 0.15) is 33.1 Å². The van der Waals surface area contributed by atoms with Gasteiger partial charge in [0.25, 0.3) is 0 Å². The molecule has 1 aliphatic rings. The van der Waals surface area contributed by atoms with Gasteiger partial charge in [-0.25, -0.2) is 13.1 Å². The number of nitrogens with zero attached hydrogens (tertiary/aromatic N) is 2. The Balaban J connectivity index is 2.31. The summed E-state index contributed by atoms with van der Waals surface area (Å²) in [6.45, 7) is 6.31. The van der Waals surface area contributed by atoms with Crippen molar-refractivity contribution in [3.05, 3.63) is 0 Å². The number of rotatable bonds is 8. The average molecular weight is 290 g/mol. The first-order valence-electron chi connectivity index (χ1n) is 7.00. The molecular weight excluding hydrogens is 264 g/mol. The summed E-state index contributed by atoms with van der Waals surface area (Å²) >= 11 is 0. The molecule has 112 valence electrons. The Hall–Kier alpha value is -0.820. The lowest BCUT2D eigenvalue weighted by molar-refractivity contribution is 0.316. The third-order valence-electron chi connectivity index (χ3n) is 3.54. The lowest BCUT2D eigenvalue weighted by Crippen LogP contribution is -2.38. The van der Waals surface area contributed by atoms with Crippen LogP contribution in [-0.2, 0) is 10.0 Å². The van der Waals surface area contributed by atoms with Crippen molar-refractivity contribution in [2.45, 2.75) is 33.1 Å². The number of sulfonamides is 1. The van der Waals surface area contributed by atoms with Gasteiger partial charge in [-0.15, -0.1) is 0 Å². The van der Waals surface area contributed by atoms with Gasteiger partial charge in [0.2, 0.25) is 10.0 Å². The Morgan fingerprint density at radius 1 is 1.37 bits per heavy atom. The standard InChI is InChI=1S/C12H26N4O2S/c1-3-16(4-2)12(13)14-8-9-19(17,18)15-10-11-6-5-7-11/h11,15H,3-10H2,1-2H3,(H2,13,14). The van der Waals surface area contributed by atoms with Crippen molar-refractivity contribution in [3.8, 4) is 0 Å². The van der Waals surface area contributed by atoms with Gasteiger partial charge in [0.15, 0.2) is 5.96 Å². The summed E-state index contributed by atoms with van der Waals surface area (Å²) in [6.07, 6.45) is 3.49. The summed E-state index contributed by atoms with van der Waals surface area (Å²) in [6, 6.07) is 0. The van der Waals surface area contributed by atoms with Gasteiger partial charge >= 0.3 is 0 Å². The summed E-state index contributed by atoms with van der Waals surface area (Å²) < 4.78 is 26.1. The monoisotopic (exact) mass is 290 g/mol. The van der Waals surface area contributed by atoms with E-state index in [0.717, 1.165) is 25.9 Å². The van der Waals surface area contributed by atoms with Crippen molar-refractivity contribution in [1.82, 2.24) is 9.62 Å². The van der Waals surface area contributed by atoms with Gasteiger partial charge in [0.05, 0.1) is 12.3 Å². The molecule has 0 aromatic heterocycles. The first-order valence-corrected chi connectivity index (χ1v) is 8.66. The van der Waals surface area contributed by atoms with Crippen LogP contribution in [0.15, 0.2) is 4.99 Å². The summed E-state index contributed by atoms with van der Waals surface area (Å²) in [5.41, 5.74) is 5.78. The predicted molar refractivity (Wildman–Crippen MR) is 78.5 cm³/mol. The van der Waals surface area contributed by atoms with Crippen LogP contribution in [0.25, 0.3) is 0 Å². The van der Waals surface area contributed by atoms with Crippen molar-refractivity contribution in [2.75, 3.05) is 31.9 Å². The lowest BCUT2D eigenvalue weighted by Gasteiger charge is -2.25. The zero-order valence-corrected chi connectivity index (χ0v) is 12.7. The van der Waals surface area contributed by atoms with E-state index in [0.29, 0.717) is 18.4 Å². The van der Waals surface area contributed by atoms with Crippen LogP contribution in [-0.4, -0.2) is 51.2 Å². The minimum absolute atomic E-state index is 0.00168. The fourth-order valence-corrected chi connectivity index (χ4v) is 2.91. The number of hydrogen-bond acceptors (Lipinski definition) is 3. The van der Waals surface area contributed by atoms with E-state index in [1.165, 1.54) is 6.42 Å². The Morgan fingerprint density at radius 3 is 2.47 bits per heavy atom. The molecule has 0 spiro atoms. The maximum atomic E-state index is 11.7. The van der Waals surface area contributed by atoms with Crippen LogP contribution in [0.4, 0.5) is 0 Å². The van der Waals surface area contributed by atoms with E-state index in [4.69, 9.17) is 5.73 Å². The molecule has 0 aromatic carbocycles. The minimum Gasteiger partial charge on any atom is -0.370 e. The van der Waals surface area contributed by atoms with Crippen LogP contribution in [0, 0.1) is 5.92 Å². The smallest absolute Gasteiger partial charge is 0.213 e. The van der Waals surface area contributed by atoms with Gasteiger partial charge in [-0.2, -0.15) is 0 Å². The van der Waals surface area contributed by atoms with Gasteiger partial charge < -0.3 is 10.6 Å². The Kier molecular flexibility index (Phi) is 6.57. The third kappa shape index (κ3) is 5.78. The van der Waals surface area contributed by atoms with Crippen molar-refractivity contribution in [3.63, 3.8) is 0 Å². The topological polar surface area (TPSA) is 87.8 Å². The predicted octanol–water partition coefficient (Wildman–Crippen LogP) is 0.362. The molecule has 0 aromatic rings. The molecular formula is C12H26N4O2S. The Labute approximate surface area is 116 Å². The average Bonchev–Trinajstić information content (AvgIpc) is 2.28. The second-order valence-electron chi connectivity index (χ2n) is 4.88. The highest BCUT2D eigenvalue weighted by Crippen LogP contribution is 2.25. The van der Waals surface area contributed by atoms with Crippen molar-refractivity contribution >= 4 is 16.0 Å². The minimum atomic E-state index is -3.22. The van der Waals surface area contributed by atoms with Crippen LogP contribution in [0.2, 0.25) is 0 Å². The quantitative estimate of drug-likeness (QED) is 0.499. The van der Waals surface area contributed by atoms with Crippen molar-refractivity contribution in [1.29, 1.82) is 0 Å². The molecule has 0 saturated heterocycles. The molecule has 0 unspecified atom stereocenters.